The number of benzene rings is 1. The summed E-state index contributed by atoms with van der Waals surface area (Å²) in [6.45, 7) is 2.11. The summed E-state index contributed by atoms with van der Waals surface area (Å²) in [5.74, 6) is 0. The maximum atomic E-state index is 2.57. The first kappa shape index (κ1) is 6.85. The van der Waals surface area contributed by atoms with E-state index in [-0.39, 0.29) is 0 Å². The van der Waals surface area contributed by atoms with E-state index < -0.39 is 0 Å². The average molecular weight is 185 g/mol. The number of rotatable bonds is 1. The second-order valence-electron chi connectivity index (χ2n) is 2.14. The summed E-state index contributed by atoms with van der Waals surface area (Å²) in [6, 6.07) is 8.60. The van der Waals surface area contributed by atoms with Gasteiger partial charge in [-0.3, -0.25) is 0 Å². The second-order valence-corrected chi connectivity index (χ2v) is 2.81. The fourth-order valence-electron chi connectivity index (χ4n) is 0.693. The van der Waals surface area contributed by atoms with Crippen LogP contribution in [0.25, 0.3) is 0 Å². The van der Waals surface area contributed by atoms with Crippen LogP contribution in [0.1, 0.15) is 11.1 Å². The molecule has 1 rings (SSSR count). The molecular weight excluding hydrogens is 175 g/mol. The van der Waals surface area contributed by atoms with Gasteiger partial charge in [0, 0.05) is 0 Å². The van der Waals surface area contributed by atoms with Crippen molar-refractivity contribution in [3.63, 3.8) is 0 Å². The van der Waals surface area contributed by atoms with Gasteiger partial charge in [0.25, 0.3) is 0 Å². The van der Waals surface area contributed by atoms with E-state index in [1.165, 1.54) is 11.1 Å². The SMILES string of the molecule is Cc1ccc(C[SeH])cc1. The third-order valence-corrected chi connectivity index (χ3v) is 2.07. The summed E-state index contributed by atoms with van der Waals surface area (Å²) in [5, 5.41) is 1.08. The fourth-order valence-corrected chi connectivity index (χ4v) is 1.14. The predicted octanol–water partition coefficient (Wildman–Crippen LogP) is 1.40. The van der Waals surface area contributed by atoms with E-state index in [4.69, 9.17) is 0 Å². The Labute approximate surface area is 64.1 Å². The first-order chi connectivity index (χ1) is 4.33. The zero-order valence-corrected chi connectivity index (χ0v) is 7.34. The minimum atomic E-state index is 1.08. The van der Waals surface area contributed by atoms with E-state index in [1.54, 1.807) is 0 Å². The van der Waals surface area contributed by atoms with Gasteiger partial charge in [-0.25, -0.2) is 0 Å². The van der Waals surface area contributed by atoms with E-state index in [2.05, 4.69) is 47.2 Å². The zero-order valence-electron chi connectivity index (χ0n) is 5.46. The van der Waals surface area contributed by atoms with Gasteiger partial charge in [0.05, 0.1) is 0 Å². The normalized spacial score (nSPS) is 9.56. The molecule has 0 amide bonds. The van der Waals surface area contributed by atoms with Gasteiger partial charge in [-0.05, 0) is 0 Å². The number of hydrogen-bond acceptors (Lipinski definition) is 0. The van der Waals surface area contributed by atoms with Gasteiger partial charge in [-0.2, -0.15) is 0 Å². The Balaban J connectivity index is 2.88. The Morgan fingerprint density at radius 3 is 2.22 bits per heavy atom. The number of aryl methyl sites for hydroxylation is 1. The molecule has 1 aromatic rings. The van der Waals surface area contributed by atoms with E-state index in [0.717, 1.165) is 5.32 Å². The van der Waals surface area contributed by atoms with E-state index in [0.29, 0.717) is 0 Å². The van der Waals surface area contributed by atoms with Crippen LogP contribution in [0.2, 0.25) is 0 Å². The first-order valence-corrected chi connectivity index (χ1v) is 4.32. The fraction of sp³-hybridized carbons (Fsp3) is 0.250. The second kappa shape index (κ2) is 3.05. The Kier molecular flexibility index (Phi) is 2.32. The van der Waals surface area contributed by atoms with Crippen LogP contribution in [0.4, 0.5) is 0 Å². The van der Waals surface area contributed by atoms with Crippen molar-refractivity contribution in [2.75, 3.05) is 0 Å². The average Bonchev–Trinajstić information content (AvgIpc) is 1.90. The van der Waals surface area contributed by atoms with E-state index >= 15 is 0 Å². The Hall–Kier alpha value is -0.261. The van der Waals surface area contributed by atoms with Crippen LogP contribution in [-0.2, 0) is 5.32 Å². The Bertz CT molecular complexity index is 176. The topological polar surface area (TPSA) is 0 Å². The molecule has 0 aliphatic heterocycles. The third kappa shape index (κ3) is 1.85. The molecule has 0 atom stereocenters. The first-order valence-electron chi connectivity index (χ1n) is 2.99. The molecular formula is C8H10Se. The molecule has 0 saturated carbocycles. The third-order valence-electron chi connectivity index (χ3n) is 1.30. The van der Waals surface area contributed by atoms with Gasteiger partial charge >= 0.3 is 63.6 Å². The van der Waals surface area contributed by atoms with Crippen LogP contribution in [0.3, 0.4) is 0 Å². The van der Waals surface area contributed by atoms with Crippen LogP contribution in [0.15, 0.2) is 24.3 Å². The van der Waals surface area contributed by atoms with E-state index in [1.807, 2.05) is 0 Å². The van der Waals surface area contributed by atoms with Crippen molar-refractivity contribution >= 4 is 16.0 Å². The van der Waals surface area contributed by atoms with Crippen molar-refractivity contribution in [2.45, 2.75) is 12.2 Å². The molecule has 0 spiro atoms. The molecule has 0 N–H and O–H groups in total. The molecule has 48 valence electrons. The molecule has 0 radical (unpaired) electrons. The van der Waals surface area contributed by atoms with Gasteiger partial charge < -0.3 is 0 Å². The minimum absolute atomic E-state index is 1.08. The van der Waals surface area contributed by atoms with Crippen molar-refractivity contribution in [1.82, 2.24) is 0 Å². The van der Waals surface area contributed by atoms with Crippen molar-refractivity contribution in [2.24, 2.45) is 0 Å². The molecule has 0 heterocycles. The summed E-state index contributed by atoms with van der Waals surface area (Å²) in [7, 11) is 0. The van der Waals surface area contributed by atoms with Crippen LogP contribution in [0, 0.1) is 6.92 Å². The molecule has 0 aromatic heterocycles. The molecule has 0 nitrogen and oxygen atoms in total. The summed E-state index contributed by atoms with van der Waals surface area (Å²) < 4.78 is 0. The van der Waals surface area contributed by atoms with E-state index in [9.17, 15) is 0 Å². The Morgan fingerprint density at radius 2 is 1.78 bits per heavy atom. The van der Waals surface area contributed by atoms with Crippen molar-refractivity contribution in [3.05, 3.63) is 35.4 Å². The summed E-state index contributed by atoms with van der Waals surface area (Å²) in [5.41, 5.74) is 2.72. The molecule has 1 aromatic carbocycles. The van der Waals surface area contributed by atoms with Crippen molar-refractivity contribution in [1.29, 1.82) is 0 Å². The molecule has 0 aliphatic rings. The molecule has 0 saturated heterocycles. The van der Waals surface area contributed by atoms with Gasteiger partial charge in [-0.1, -0.05) is 0 Å². The van der Waals surface area contributed by atoms with Crippen LogP contribution >= 0.6 is 0 Å². The van der Waals surface area contributed by atoms with Gasteiger partial charge in [-0.15, -0.1) is 0 Å². The van der Waals surface area contributed by atoms with Gasteiger partial charge in [0.2, 0.25) is 0 Å². The van der Waals surface area contributed by atoms with Crippen LogP contribution in [0.5, 0.6) is 0 Å². The molecule has 1 heteroatoms. The van der Waals surface area contributed by atoms with Crippen molar-refractivity contribution in [3.8, 4) is 0 Å². The molecule has 0 aliphatic carbocycles. The van der Waals surface area contributed by atoms with Crippen molar-refractivity contribution < 1.29 is 0 Å². The molecule has 0 fully saturated rings. The van der Waals surface area contributed by atoms with Crippen LogP contribution < -0.4 is 0 Å². The number of hydrogen-bond donors (Lipinski definition) is 0. The summed E-state index contributed by atoms with van der Waals surface area (Å²) in [4.78, 5) is 0. The monoisotopic (exact) mass is 186 g/mol. The zero-order chi connectivity index (χ0) is 6.69. The van der Waals surface area contributed by atoms with Gasteiger partial charge in [0.1, 0.15) is 0 Å². The molecule has 0 bridgehead atoms. The summed E-state index contributed by atoms with van der Waals surface area (Å²) >= 11 is 2.57. The quantitative estimate of drug-likeness (QED) is 0.580. The van der Waals surface area contributed by atoms with Crippen LogP contribution in [-0.4, -0.2) is 16.0 Å². The summed E-state index contributed by atoms with van der Waals surface area (Å²) in [6.07, 6.45) is 0. The van der Waals surface area contributed by atoms with Gasteiger partial charge in [0.15, 0.2) is 0 Å². The predicted molar refractivity (Wildman–Crippen MR) is 42.0 cm³/mol. The maximum absolute atomic E-state index is 2.57. The standard InChI is InChI=1S/C8H10Se/c1-7-2-4-8(6-9)5-3-7/h2-5,9H,6H2,1H3. The molecule has 9 heavy (non-hydrogen) atoms. The Morgan fingerprint density at radius 1 is 1.22 bits per heavy atom. The molecule has 0 unspecified atom stereocenters.